The Bertz CT molecular complexity index is 587. The minimum atomic E-state index is -2.43. The molecule has 0 heterocycles. The lowest BCUT2D eigenvalue weighted by Gasteiger charge is -2.15. The predicted octanol–water partition coefficient (Wildman–Crippen LogP) is 5.00. The number of hydrogen-bond donors (Lipinski definition) is 1. The molecule has 0 saturated heterocycles. The van der Waals surface area contributed by atoms with Crippen molar-refractivity contribution in [3.05, 3.63) is 70.2 Å². The van der Waals surface area contributed by atoms with Crippen molar-refractivity contribution < 1.29 is 8.78 Å². The van der Waals surface area contributed by atoms with Gasteiger partial charge in [-0.3, -0.25) is 0 Å². The van der Waals surface area contributed by atoms with Crippen LogP contribution in [0, 0.1) is 0 Å². The van der Waals surface area contributed by atoms with Gasteiger partial charge in [-0.15, -0.1) is 0 Å². The Morgan fingerprint density at radius 3 is 2.57 bits per heavy atom. The number of halogens is 3. The van der Waals surface area contributed by atoms with Gasteiger partial charge in [-0.05, 0) is 36.6 Å². The minimum Gasteiger partial charge on any atom is -0.310 e. The number of benzene rings is 2. The lowest BCUT2D eigenvalue weighted by molar-refractivity contribution is 0.151. The van der Waals surface area contributed by atoms with Gasteiger partial charge in [0.25, 0.3) is 6.43 Å². The zero-order chi connectivity index (χ0) is 15.2. The molecule has 112 valence electrons. The molecule has 0 aliphatic heterocycles. The van der Waals surface area contributed by atoms with E-state index in [1.54, 1.807) is 12.1 Å². The van der Waals surface area contributed by atoms with Crippen molar-refractivity contribution in [1.82, 2.24) is 5.32 Å². The molecule has 21 heavy (non-hydrogen) atoms. The summed E-state index contributed by atoms with van der Waals surface area (Å²) in [6.07, 6.45) is -1.63. The highest BCUT2D eigenvalue weighted by molar-refractivity contribution is 6.31. The van der Waals surface area contributed by atoms with Gasteiger partial charge in [0, 0.05) is 23.2 Å². The molecule has 0 aromatic heterocycles. The van der Waals surface area contributed by atoms with Gasteiger partial charge in [0.2, 0.25) is 0 Å². The third-order valence-electron chi connectivity index (χ3n) is 3.34. The summed E-state index contributed by atoms with van der Waals surface area (Å²) in [6, 6.07) is 14.4. The Hall–Kier alpha value is -1.45. The van der Waals surface area contributed by atoms with Crippen LogP contribution in [-0.2, 0) is 13.0 Å². The maximum Gasteiger partial charge on any atom is 0.263 e. The predicted molar refractivity (Wildman–Crippen MR) is 82.9 cm³/mol. The van der Waals surface area contributed by atoms with Gasteiger partial charge < -0.3 is 5.32 Å². The maximum atomic E-state index is 12.6. The topological polar surface area (TPSA) is 12.0 Å². The fraction of sp³-hybridized carbons (Fsp3) is 0.294. The van der Waals surface area contributed by atoms with Crippen LogP contribution in [-0.4, -0.2) is 6.04 Å². The quantitative estimate of drug-likeness (QED) is 0.792. The summed E-state index contributed by atoms with van der Waals surface area (Å²) in [4.78, 5) is 0. The van der Waals surface area contributed by atoms with E-state index in [2.05, 4.69) is 12.2 Å². The Kier molecular flexibility index (Phi) is 5.71. The van der Waals surface area contributed by atoms with Crippen LogP contribution in [0.2, 0.25) is 5.02 Å². The summed E-state index contributed by atoms with van der Waals surface area (Å²) in [5, 5.41) is 4.09. The molecule has 1 unspecified atom stereocenters. The van der Waals surface area contributed by atoms with Gasteiger partial charge in [0.1, 0.15) is 0 Å². The van der Waals surface area contributed by atoms with Gasteiger partial charge in [0.15, 0.2) is 0 Å². The van der Waals surface area contributed by atoms with Crippen LogP contribution in [0.4, 0.5) is 8.78 Å². The summed E-state index contributed by atoms with van der Waals surface area (Å²) in [5.41, 5.74) is 2.01. The average molecular weight is 310 g/mol. The summed E-state index contributed by atoms with van der Waals surface area (Å²) in [6.45, 7) is 2.62. The largest absolute Gasteiger partial charge is 0.310 e. The molecule has 0 fully saturated rings. The molecule has 0 amide bonds. The van der Waals surface area contributed by atoms with Crippen LogP contribution in [0.15, 0.2) is 48.5 Å². The van der Waals surface area contributed by atoms with Crippen molar-refractivity contribution in [3.8, 4) is 0 Å². The zero-order valence-corrected chi connectivity index (χ0v) is 12.6. The van der Waals surface area contributed by atoms with Crippen LogP contribution in [0.1, 0.15) is 30.0 Å². The molecule has 2 aromatic rings. The van der Waals surface area contributed by atoms with E-state index in [0.717, 1.165) is 22.6 Å². The Morgan fingerprint density at radius 2 is 1.86 bits per heavy atom. The number of rotatable bonds is 6. The average Bonchev–Trinajstić information content (AvgIpc) is 2.48. The Balaban J connectivity index is 1.91. The van der Waals surface area contributed by atoms with Crippen LogP contribution in [0.5, 0.6) is 0 Å². The van der Waals surface area contributed by atoms with Gasteiger partial charge in [-0.2, -0.15) is 0 Å². The maximum absolute atomic E-state index is 12.6. The molecule has 1 atom stereocenters. The summed E-state index contributed by atoms with van der Waals surface area (Å²) in [7, 11) is 0. The Morgan fingerprint density at radius 1 is 1.10 bits per heavy atom. The lowest BCUT2D eigenvalue weighted by Crippen LogP contribution is -2.27. The number of nitrogens with one attached hydrogen (secondary N) is 1. The first kappa shape index (κ1) is 15.9. The first-order chi connectivity index (χ1) is 10.1. The van der Waals surface area contributed by atoms with Gasteiger partial charge in [-0.25, -0.2) is 8.78 Å². The second kappa shape index (κ2) is 7.53. The molecule has 4 heteroatoms. The van der Waals surface area contributed by atoms with E-state index in [1.807, 2.05) is 30.3 Å². The highest BCUT2D eigenvalue weighted by atomic mass is 35.5. The van der Waals surface area contributed by atoms with E-state index in [-0.39, 0.29) is 11.6 Å². The van der Waals surface area contributed by atoms with Crippen molar-refractivity contribution in [3.63, 3.8) is 0 Å². The molecule has 0 saturated carbocycles. The fourth-order valence-corrected chi connectivity index (χ4v) is 2.41. The fourth-order valence-electron chi connectivity index (χ4n) is 2.20. The van der Waals surface area contributed by atoms with E-state index >= 15 is 0 Å². The summed E-state index contributed by atoms with van der Waals surface area (Å²) >= 11 is 6.13. The van der Waals surface area contributed by atoms with Crippen molar-refractivity contribution in [2.45, 2.75) is 32.4 Å². The highest BCUT2D eigenvalue weighted by Gasteiger charge is 2.09. The van der Waals surface area contributed by atoms with Crippen LogP contribution in [0.25, 0.3) is 0 Å². The standard InChI is InChI=1S/C17H18ClF2N/c1-12(9-14-6-2-3-8-16(14)18)21-11-13-5-4-7-15(10-13)17(19)20/h2-8,10,12,17,21H,9,11H2,1H3. The monoisotopic (exact) mass is 309 g/mol. The van der Waals surface area contributed by atoms with Crippen molar-refractivity contribution in [2.24, 2.45) is 0 Å². The molecule has 1 N–H and O–H groups in total. The van der Waals surface area contributed by atoms with Gasteiger partial charge in [-0.1, -0.05) is 48.0 Å². The lowest BCUT2D eigenvalue weighted by atomic mass is 10.1. The molecule has 0 aliphatic rings. The molecule has 0 aliphatic carbocycles. The summed E-state index contributed by atoms with van der Waals surface area (Å²) in [5.74, 6) is 0. The summed E-state index contributed by atoms with van der Waals surface area (Å²) < 4.78 is 25.3. The first-order valence-corrected chi connectivity index (χ1v) is 7.28. The minimum absolute atomic E-state index is 0.0630. The third kappa shape index (κ3) is 4.80. The zero-order valence-electron chi connectivity index (χ0n) is 11.8. The third-order valence-corrected chi connectivity index (χ3v) is 3.71. The van der Waals surface area contributed by atoms with Gasteiger partial charge in [0.05, 0.1) is 0 Å². The van der Waals surface area contributed by atoms with Crippen molar-refractivity contribution >= 4 is 11.6 Å². The molecule has 1 nitrogen and oxygen atoms in total. The second-order valence-electron chi connectivity index (χ2n) is 5.12. The molecule has 2 aromatic carbocycles. The van der Waals surface area contributed by atoms with E-state index in [4.69, 9.17) is 11.6 Å². The van der Waals surface area contributed by atoms with Gasteiger partial charge >= 0.3 is 0 Å². The molecule has 0 spiro atoms. The molecule has 0 radical (unpaired) electrons. The second-order valence-corrected chi connectivity index (χ2v) is 5.53. The molecule has 0 bridgehead atoms. The van der Waals surface area contributed by atoms with E-state index in [1.165, 1.54) is 6.07 Å². The van der Waals surface area contributed by atoms with Crippen molar-refractivity contribution in [1.29, 1.82) is 0 Å². The van der Waals surface area contributed by atoms with Crippen LogP contribution in [0.3, 0.4) is 0 Å². The highest BCUT2D eigenvalue weighted by Crippen LogP contribution is 2.20. The SMILES string of the molecule is CC(Cc1ccccc1Cl)NCc1cccc(C(F)F)c1. The smallest absolute Gasteiger partial charge is 0.263 e. The molecular weight excluding hydrogens is 292 g/mol. The molecule has 2 rings (SSSR count). The van der Waals surface area contributed by atoms with Crippen LogP contribution < -0.4 is 5.32 Å². The van der Waals surface area contributed by atoms with E-state index in [0.29, 0.717) is 6.54 Å². The Labute approximate surface area is 128 Å². The van der Waals surface area contributed by atoms with Crippen molar-refractivity contribution in [2.75, 3.05) is 0 Å². The number of hydrogen-bond acceptors (Lipinski definition) is 1. The van der Waals surface area contributed by atoms with Crippen LogP contribution >= 0.6 is 11.6 Å². The number of alkyl halides is 2. The first-order valence-electron chi connectivity index (χ1n) is 6.90. The van der Waals surface area contributed by atoms with E-state index in [9.17, 15) is 8.78 Å². The molecular formula is C17H18ClF2N. The normalized spacial score (nSPS) is 12.6. The van der Waals surface area contributed by atoms with E-state index < -0.39 is 6.43 Å².